The Hall–Kier alpha value is -2.93. The number of rotatable bonds is 4. The van der Waals surface area contributed by atoms with Crippen molar-refractivity contribution in [3.05, 3.63) is 59.9 Å². The van der Waals surface area contributed by atoms with Crippen LogP contribution in [0.1, 0.15) is 11.6 Å². The summed E-state index contributed by atoms with van der Waals surface area (Å²) in [6, 6.07) is 12.0. The van der Waals surface area contributed by atoms with Crippen LogP contribution in [0.25, 0.3) is 0 Å². The minimum atomic E-state index is -0.922. The second kappa shape index (κ2) is 7.53. The van der Waals surface area contributed by atoms with Gasteiger partial charge in [-0.25, -0.2) is 4.39 Å². The van der Waals surface area contributed by atoms with E-state index in [2.05, 4.69) is 5.32 Å². The third-order valence-corrected chi connectivity index (χ3v) is 4.29. The molecule has 1 aliphatic rings. The van der Waals surface area contributed by atoms with Gasteiger partial charge in [-0.3, -0.25) is 9.59 Å². The molecule has 26 heavy (non-hydrogen) atoms. The minimum absolute atomic E-state index is 0.190. The van der Waals surface area contributed by atoms with Crippen molar-refractivity contribution in [2.24, 2.45) is 0 Å². The van der Waals surface area contributed by atoms with Crippen LogP contribution in [0, 0.1) is 5.82 Å². The number of hydrogen-bond donors (Lipinski definition) is 1. The van der Waals surface area contributed by atoms with E-state index in [1.54, 1.807) is 43.4 Å². The monoisotopic (exact) mass is 358 g/mol. The largest absolute Gasteiger partial charge is 0.497 e. The van der Waals surface area contributed by atoms with E-state index >= 15 is 0 Å². The zero-order valence-electron chi connectivity index (χ0n) is 14.4. The average molecular weight is 358 g/mol. The molecule has 2 aromatic rings. The summed E-state index contributed by atoms with van der Waals surface area (Å²) in [6.45, 7) is -0.190. The maximum atomic E-state index is 13.2. The molecule has 0 spiro atoms. The molecule has 2 unspecified atom stereocenters. The topological polar surface area (TPSA) is 67.9 Å². The van der Waals surface area contributed by atoms with Crippen molar-refractivity contribution < 1.29 is 23.5 Å². The Morgan fingerprint density at radius 1 is 1.27 bits per heavy atom. The first kappa shape index (κ1) is 17.9. The number of carbonyl (C=O) groups excluding carboxylic acids is 2. The van der Waals surface area contributed by atoms with Crippen molar-refractivity contribution in [1.29, 1.82) is 0 Å². The molecular formula is C19H19FN2O4. The van der Waals surface area contributed by atoms with Crippen LogP contribution in [0.5, 0.6) is 5.75 Å². The van der Waals surface area contributed by atoms with Crippen LogP contribution >= 0.6 is 0 Å². The van der Waals surface area contributed by atoms with Crippen molar-refractivity contribution in [2.75, 3.05) is 26.1 Å². The van der Waals surface area contributed by atoms with Gasteiger partial charge in [0.1, 0.15) is 18.2 Å². The highest BCUT2D eigenvalue weighted by Crippen LogP contribution is 2.30. The van der Waals surface area contributed by atoms with E-state index in [9.17, 15) is 14.0 Å². The van der Waals surface area contributed by atoms with Gasteiger partial charge in [0.05, 0.1) is 13.2 Å². The first-order valence-corrected chi connectivity index (χ1v) is 8.07. The minimum Gasteiger partial charge on any atom is -0.497 e. The van der Waals surface area contributed by atoms with Gasteiger partial charge in [0.25, 0.3) is 5.91 Å². The lowest BCUT2D eigenvalue weighted by Gasteiger charge is -2.38. The third kappa shape index (κ3) is 3.67. The highest BCUT2D eigenvalue weighted by atomic mass is 19.1. The molecular weight excluding hydrogens is 339 g/mol. The van der Waals surface area contributed by atoms with Gasteiger partial charge in [0.2, 0.25) is 5.91 Å². The number of morpholine rings is 1. The quantitative estimate of drug-likeness (QED) is 0.911. The number of likely N-dealkylation sites (N-methyl/N-ethyl adjacent to an activating group) is 1. The second-order valence-corrected chi connectivity index (χ2v) is 5.95. The summed E-state index contributed by atoms with van der Waals surface area (Å²) < 4.78 is 23.9. The van der Waals surface area contributed by atoms with Crippen molar-refractivity contribution in [1.82, 2.24) is 4.90 Å². The number of nitrogens with zero attached hydrogens (tertiary/aromatic N) is 1. The maximum Gasteiger partial charge on any atom is 0.256 e. The number of halogens is 1. The van der Waals surface area contributed by atoms with Crippen LogP contribution in [-0.2, 0) is 14.3 Å². The lowest BCUT2D eigenvalue weighted by Crippen LogP contribution is -2.51. The van der Waals surface area contributed by atoms with Gasteiger partial charge in [-0.1, -0.05) is 18.2 Å². The Morgan fingerprint density at radius 3 is 2.69 bits per heavy atom. The number of amides is 2. The lowest BCUT2D eigenvalue weighted by molar-refractivity contribution is -0.160. The van der Waals surface area contributed by atoms with E-state index in [1.165, 1.54) is 24.1 Å². The van der Waals surface area contributed by atoms with Crippen LogP contribution in [0.15, 0.2) is 48.5 Å². The molecule has 0 aromatic heterocycles. The highest BCUT2D eigenvalue weighted by molar-refractivity contribution is 5.96. The fourth-order valence-corrected chi connectivity index (χ4v) is 2.90. The van der Waals surface area contributed by atoms with Crippen LogP contribution in [0.4, 0.5) is 10.1 Å². The predicted octanol–water partition coefficient (Wildman–Crippen LogP) is 2.37. The predicted molar refractivity (Wildman–Crippen MR) is 93.3 cm³/mol. The highest BCUT2D eigenvalue weighted by Gasteiger charge is 2.40. The van der Waals surface area contributed by atoms with E-state index < -0.39 is 23.9 Å². The van der Waals surface area contributed by atoms with Crippen LogP contribution in [0.2, 0.25) is 0 Å². The molecule has 0 saturated carbocycles. The summed E-state index contributed by atoms with van der Waals surface area (Å²) in [5, 5.41) is 2.78. The zero-order valence-corrected chi connectivity index (χ0v) is 14.4. The molecule has 2 aromatic carbocycles. The van der Waals surface area contributed by atoms with Gasteiger partial charge in [0, 0.05) is 18.8 Å². The average Bonchev–Trinajstić information content (AvgIpc) is 2.65. The standard InChI is InChI=1S/C19H19FN2O4/c1-22-16(23)11-26-18(17(22)12-6-8-13(20)9-7-12)19(24)21-14-4-3-5-15(10-14)25-2/h3-10,17-18H,11H2,1-2H3,(H,21,24). The number of hydrogen-bond acceptors (Lipinski definition) is 4. The van der Waals surface area contributed by atoms with Crippen molar-refractivity contribution in [3.8, 4) is 5.75 Å². The van der Waals surface area contributed by atoms with E-state index in [0.29, 0.717) is 17.0 Å². The summed E-state index contributed by atoms with van der Waals surface area (Å²) in [6.07, 6.45) is -0.922. The fourth-order valence-electron chi connectivity index (χ4n) is 2.90. The van der Waals surface area contributed by atoms with Crippen LogP contribution < -0.4 is 10.1 Å². The molecule has 2 amide bonds. The van der Waals surface area contributed by atoms with Crippen molar-refractivity contribution >= 4 is 17.5 Å². The smallest absolute Gasteiger partial charge is 0.256 e. The van der Waals surface area contributed by atoms with Crippen LogP contribution in [-0.4, -0.2) is 43.6 Å². The van der Waals surface area contributed by atoms with Gasteiger partial charge in [-0.05, 0) is 29.8 Å². The fraction of sp³-hybridized carbons (Fsp3) is 0.263. The summed E-state index contributed by atoms with van der Waals surface area (Å²) in [5.41, 5.74) is 1.17. The molecule has 0 bridgehead atoms. The Kier molecular flexibility index (Phi) is 5.18. The number of carbonyl (C=O) groups is 2. The Bertz CT molecular complexity index is 809. The second-order valence-electron chi connectivity index (χ2n) is 5.95. The van der Waals surface area contributed by atoms with Gasteiger partial charge < -0.3 is 19.7 Å². The van der Waals surface area contributed by atoms with E-state index in [1.807, 2.05) is 0 Å². The zero-order chi connectivity index (χ0) is 18.7. The lowest BCUT2D eigenvalue weighted by atomic mass is 9.97. The SMILES string of the molecule is COc1cccc(NC(=O)C2OCC(=O)N(C)C2c2ccc(F)cc2)c1. The molecule has 0 radical (unpaired) electrons. The molecule has 1 saturated heterocycles. The molecule has 136 valence electrons. The van der Waals surface area contributed by atoms with Gasteiger partial charge in [-0.2, -0.15) is 0 Å². The molecule has 1 fully saturated rings. The normalized spacial score (nSPS) is 20.0. The van der Waals surface area contributed by atoms with E-state index in [4.69, 9.17) is 9.47 Å². The number of anilines is 1. The third-order valence-electron chi connectivity index (χ3n) is 4.29. The van der Waals surface area contributed by atoms with E-state index in [-0.39, 0.29) is 12.5 Å². The maximum absolute atomic E-state index is 13.2. The molecule has 6 nitrogen and oxygen atoms in total. The first-order chi connectivity index (χ1) is 12.5. The number of nitrogens with one attached hydrogen (secondary N) is 1. The van der Waals surface area contributed by atoms with Gasteiger partial charge >= 0.3 is 0 Å². The summed E-state index contributed by atoms with van der Waals surface area (Å²) >= 11 is 0. The molecule has 1 aliphatic heterocycles. The molecule has 1 heterocycles. The molecule has 7 heteroatoms. The van der Waals surface area contributed by atoms with Crippen molar-refractivity contribution in [3.63, 3.8) is 0 Å². The summed E-state index contributed by atoms with van der Waals surface area (Å²) in [4.78, 5) is 26.3. The molecule has 1 N–H and O–H groups in total. The Balaban J connectivity index is 1.86. The molecule has 3 rings (SSSR count). The molecule has 0 aliphatic carbocycles. The first-order valence-electron chi connectivity index (χ1n) is 8.07. The summed E-state index contributed by atoms with van der Waals surface area (Å²) in [5.74, 6) is -0.428. The molecule has 2 atom stereocenters. The number of benzene rings is 2. The van der Waals surface area contributed by atoms with Crippen molar-refractivity contribution in [2.45, 2.75) is 12.1 Å². The number of methoxy groups -OCH3 is 1. The number of ether oxygens (including phenoxy) is 2. The van der Waals surface area contributed by atoms with Gasteiger partial charge in [0.15, 0.2) is 6.10 Å². The van der Waals surface area contributed by atoms with Gasteiger partial charge in [-0.15, -0.1) is 0 Å². The van der Waals surface area contributed by atoms with Crippen LogP contribution in [0.3, 0.4) is 0 Å². The Morgan fingerprint density at radius 2 is 2.00 bits per heavy atom. The Labute approximate surface area is 150 Å². The summed E-state index contributed by atoms with van der Waals surface area (Å²) in [7, 11) is 3.14. The van der Waals surface area contributed by atoms with E-state index in [0.717, 1.165) is 0 Å².